The maximum absolute atomic E-state index is 12.3. The van der Waals surface area contributed by atoms with E-state index in [2.05, 4.69) is 5.32 Å². The van der Waals surface area contributed by atoms with E-state index in [1.54, 1.807) is 18.4 Å². The molecule has 24 heavy (non-hydrogen) atoms. The first-order valence-electron chi connectivity index (χ1n) is 8.24. The Balaban J connectivity index is 2.06. The van der Waals surface area contributed by atoms with Crippen LogP contribution in [-0.2, 0) is 4.79 Å². The Morgan fingerprint density at radius 2 is 2.00 bits per heavy atom. The van der Waals surface area contributed by atoms with Gasteiger partial charge in [-0.3, -0.25) is 4.79 Å². The quantitative estimate of drug-likeness (QED) is 0.700. The van der Waals surface area contributed by atoms with Gasteiger partial charge < -0.3 is 14.8 Å². The molecule has 1 heterocycles. The van der Waals surface area contributed by atoms with Gasteiger partial charge in [0.1, 0.15) is 17.6 Å². The first kappa shape index (κ1) is 16.1. The second-order valence-electron chi connectivity index (χ2n) is 5.84. The van der Waals surface area contributed by atoms with Crippen LogP contribution in [0.4, 0.5) is 0 Å². The SMILES string of the molecule is CCCCC(=O)NC(c1ccco1)c1c(O)ccc2ccccc12. The summed E-state index contributed by atoms with van der Waals surface area (Å²) in [6, 6.07) is 14.4. The third-order valence-electron chi connectivity index (χ3n) is 4.13. The van der Waals surface area contributed by atoms with Gasteiger partial charge in [-0.05, 0) is 35.4 Å². The Kier molecular flexibility index (Phi) is 4.85. The zero-order chi connectivity index (χ0) is 16.9. The van der Waals surface area contributed by atoms with Gasteiger partial charge >= 0.3 is 0 Å². The van der Waals surface area contributed by atoms with Crippen LogP contribution < -0.4 is 5.32 Å². The molecule has 0 aliphatic rings. The number of rotatable bonds is 6. The van der Waals surface area contributed by atoms with Gasteiger partial charge in [-0.2, -0.15) is 0 Å². The van der Waals surface area contributed by atoms with Crippen molar-refractivity contribution in [2.45, 2.75) is 32.2 Å². The topological polar surface area (TPSA) is 62.5 Å². The Labute approximate surface area is 141 Å². The zero-order valence-corrected chi connectivity index (χ0v) is 13.7. The van der Waals surface area contributed by atoms with Gasteiger partial charge in [0.15, 0.2) is 0 Å². The highest BCUT2D eigenvalue weighted by Gasteiger charge is 2.24. The van der Waals surface area contributed by atoms with E-state index >= 15 is 0 Å². The van der Waals surface area contributed by atoms with Crippen molar-refractivity contribution < 1.29 is 14.3 Å². The fraction of sp³-hybridized carbons (Fsp3) is 0.250. The molecule has 0 radical (unpaired) electrons. The molecule has 4 heteroatoms. The Morgan fingerprint density at radius 1 is 1.17 bits per heavy atom. The molecule has 0 saturated carbocycles. The molecule has 1 unspecified atom stereocenters. The molecule has 0 saturated heterocycles. The van der Waals surface area contributed by atoms with Crippen molar-refractivity contribution in [3.8, 4) is 5.75 Å². The maximum Gasteiger partial charge on any atom is 0.220 e. The van der Waals surface area contributed by atoms with E-state index in [-0.39, 0.29) is 11.7 Å². The number of carbonyl (C=O) groups is 1. The summed E-state index contributed by atoms with van der Waals surface area (Å²) in [6.07, 6.45) is 3.82. The normalized spacial score (nSPS) is 12.2. The molecule has 0 aliphatic carbocycles. The first-order chi connectivity index (χ1) is 11.7. The number of amides is 1. The second-order valence-corrected chi connectivity index (χ2v) is 5.84. The van der Waals surface area contributed by atoms with Crippen molar-refractivity contribution >= 4 is 16.7 Å². The number of unbranched alkanes of at least 4 members (excludes halogenated alkanes) is 1. The van der Waals surface area contributed by atoms with Crippen molar-refractivity contribution in [1.82, 2.24) is 5.32 Å². The van der Waals surface area contributed by atoms with Crippen LogP contribution in [0.5, 0.6) is 5.75 Å². The molecule has 3 aromatic rings. The van der Waals surface area contributed by atoms with Gasteiger partial charge in [-0.15, -0.1) is 0 Å². The van der Waals surface area contributed by atoms with Crippen LogP contribution in [0.1, 0.15) is 43.6 Å². The fourth-order valence-corrected chi connectivity index (χ4v) is 2.90. The highest BCUT2D eigenvalue weighted by molar-refractivity contribution is 5.89. The minimum atomic E-state index is -0.518. The molecule has 0 bridgehead atoms. The van der Waals surface area contributed by atoms with Gasteiger partial charge in [0, 0.05) is 12.0 Å². The molecule has 4 nitrogen and oxygen atoms in total. The van der Waals surface area contributed by atoms with Crippen LogP contribution in [0.3, 0.4) is 0 Å². The number of phenolic OH excluding ortho intramolecular Hbond substituents is 1. The number of furan rings is 1. The summed E-state index contributed by atoms with van der Waals surface area (Å²) in [5, 5.41) is 15.4. The monoisotopic (exact) mass is 323 g/mol. The number of carbonyl (C=O) groups excluding carboxylic acids is 1. The van der Waals surface area contributed by atoms with Crippen molar-refractivity contribution in [3.05, 3.63) is 66.1 Å². The van der Waals surface area contributed by atoms with Crippen LogP contribution in [0.2, 0.25) is 0 Å². The number of benzene rings is 2. The number of aromatic hydroxyl groups is 1. The Bertz CT molecular complexity index is 824. The molecule has 0 fully saturated rings. The molecule has 1 amide bonds. The van der Waals surface area contributed by atoms with E-state index in [0.29, 0.717) is 17.7 Å². The highest BCUT2D eigenvalue weighted by atomic mass is 16.3. The Morgan fingerprint density at radius 3 is 2.75 bits per heavy atom. The predicted molar refractivity (Wildman–Crippen MR) is 93.8 cm³/mol. The van der Waals surface area contributed by atoms with E-state index in [0.717, 1.165) is 23.6 Å². The van der Waals surface area contributed by atoms with Crippen LogP contribution >= 0.6 is 0 Å². The molecule has 0 aliphatic heterocycles. The van der Waals surface area contributed by atoms with Crippen molar-refractivity contribution in [2.24, 2.45) is 0 Å². The molecule has 3 rings (SSSR count). The average molecular weight is 323 g/mol. The smallest absolute Gasteiger partial charge is 0.220 e. The molecule has 1 atom stereocenters. The number of phenols is 1. The van der Waals surface area contributed by atoms with Gasteiger partial charge in [-0.25, -0.2) is 0 Å². The summed E-state index contributed by atoms with van der Waals surface area (Å²) >= 11 is 0. The molecule has 1 aromatic heterocycles. The fourth-order valence-electron chi connectivity index (χ4n) is 2.90. The molecular weight excluding hydrogens is 302 g/mol. The highest BCUT2D eigenvalue weighted by Crippen LogP contribution is 2.36. The van der Waals surface area contributed by atoms with E-state index in [1.165, 1.54) is 0 Å². The summed E-state index contributed by atoms with van der Waals surface area (Å²) in [7, 11) is 0. The third-order valence-corrected chi connectivity index (χ3v) is 4.13. The summed E-state index contributed by atoms with van der Waals surface area (Å²) in [4.78, 5) is 12.3. The zero-order valence-electron chi connectivity index (χ0n) is 13.7. The van der Waals surface area contributed by atoms with Crippen LogP contribution in [0.25, 0.3) is 10.8 Å². The molecular formula is C20H21NO3. The maximum atomic E-state index is 12.3. The van der Waals surface area contributed by atoms with Gasteiger partial charge in [0.2, 0.25) is 5.91 Å². The lowest BCUT2D eigenvalue weighted by atomic mass is 9.95. The lowest BCUT2D eigenvalue weighted by Gasteiger charge is -2.20. The standard InChI is InChI=1S/C20H21NO3/c1-2-3-10-18(23)21-20(17-9-6-13-24-17)19-15-8-5-4-7-14(15)11-12-16(19)22/h4-9,11-13,20,22H,2-3,10H2,1H3,(H,21,23). The number of fused-ring (bicyclic) bond motifs is 1. The number of hydrogen-bond acceptors (Lipinski definition) is 3. The van der Waals surface area contributed by atoms with Crippen LogP contribution in [-0.4, -0.2) is 11.0 Å². The van der Waals surface area contributed by atoms with Crippen molar-refractivity contribution in [2.75, 3.05) is 0 Å². The number of hydrogen-bond donors (Lipinski definition) is 2. The van der Waals surface area contributed by atoms with Crippen LogP contribution in [0, 0.1) is 0 Å². The summed E-state index contributed by atoms with van der Waals surface area (Å²) in [5.74, 6) is 0.697. The summed E-state index contributed by atoms with van der Waals surface area (Å²) in [6.45, 7) is 2.05. The average Bonchev–Trinajstić information content (AvgIpc) is 3.13. The Hall–Kier alpha value is -2.75. The molecule has 2 N–H and O–H groups in total. The van der Waals surface area contributed by atoms with E-state index in [9.17, 15) is 9.90 Å². The van der Waals surface area contributed by atoms with E-state index in [1.807, 2.05) is 43.3 Å². The molecule has 2 aromatic carbocycles. The minimum Gasteiger partial charge on any atom is -0.508 e. The summed E-state index contributed by atoms with van der Waals surface area (Å²) < 4.78 is 5.53. The van der Waals surface area contributed by atoms with Crippen molar-refractivity contribution in [1.29, 1.82) is 0 Å². The largest absolute Gasteiger partial charge is 0.508 e. The lowest BCUT2D eigenvalue weighted by Crippen LogP contribution is -2.29. The van der Waals surface area contributed by atoms with Crippen molar-refractivity contribution in [3.63, 3.8) is 0 Å². The number of nitrogens with one attached hydrogen (secondary N) is 1. The van der Waals surface area contributed by atoms with Gasteiger partial charge in [-0.1, -0.05) is 43.7 Å². The molecule has 124 valence electrons. The van der Waals surface area contributed by atoms with Crippen LogP contribution in [0.15, 0.2) is 59.2 Å². The third kappa shape index (κ3) is 3.27. The van der Waals surface area contributed by atoms with Gasteiger partial charge in [0.25, 0.3) is 0 Å². The lowest BCUT2D eigenvalue weighted by molar-refractivity contribution is -0.121. The minimum absolute atomic E-state index is 0.0504. The van der Waals surface area contributed by atoms with E-state index in [4.69, 9.17) is 4.42 Å². The van der Waals surface area contributed by atoms with E-state index < -0.39 is 6.04 Å². The predicted octanol–water partition coefficient (Wildman–Crippen LogP) is 4.53. The second kappa shape index (κ2) is 7.21. The first-order valence-corrected chi connectivity index (χ1v) is 8.24. The van der Waals surface area contributed by atoms with Gasteiger partial charge in [0.05, 0.1) is 6.26 Å². The summed E-state index contributed by atoms with van der Waals surface area (Å²) in [5.41, 5.74) is 0.660. The molecule has 0 spiro atoms.